The molecule has 2 unspecified atom stereocenters. The van der Waals surface area contributed by atoms with Crippen LogP contribution in [-0.4, -0.2) is 25.7 Å². The van der Waals surface area contributed by atoms with E-state index in [2.05, 4.69) is 50.1 Å². The Morgan fingerprint density at radius 1 is 1.00 bits per heavy atom. The Morgan fingerprint density at radius 2 is 1.61 bits per heavy atom. The number of benzene rings is 2. The minimum absolute atomic E-state index is 0.428. The minimum Gasteiger partial charge on any atom is -0.553 e. The summed E-state index contributed by atoms with van der Waals surface area (Å²) in [7, 11) is 3.02. The van der Waals surface area contributed by atoms with Crippen molar-refractivity contribution in [3.63, 3.8) is 0 Å². The minimum atomic E-state index is -0.428. The number of para-hydroxylation sites is 2. The smallest absolute Gasteiger partial charge is 0.129 e. The fourth-order valence-electron chi connectivity index (χ4n) is 2.37. The second kappa shape index (κ2) is 8.64. The second-order valence-electron chi connectivity index (χ2n) is 5.45. The van der Waals surface area contributed by atoms with Crippen molar-refractivity contribution in [3.8, 4) is 11.5 Å². The number of hydrogen-bond acceptors (Lipinski definition) is 2. The highest BCUT2D eigenvalue weighted by molar-refractivity contribution is 7.60. The van der Waals surface area contributed by atoms with Crippen molar-refractivity contribution in [2.75, 3.05) is 14.2 Å². The zero-order valence-electron chi connectivity index (χ0n) is 14.3. The maximum absolute atomic E-state index is 5.50. The van der Waals surface area contributed by atoms with E-state index in [-0.39, 0.29) is 0 Å². The van der Waals surface area contributed by atoms with Gasteiger partial charge in [-0.15, -0.1) is 11.6 Å². The van der Waals surface area contributed by atoms with Gasteiger partial charge < -0.3 is 9.47 Å². The number of ether oxygens (including phenoxy) is 2. The molecule has 0 saturated carbocycles. The van der Waals surface area contributed by atoms with Gasteiger partial charge in [0.2, 0.25) is 0 Å². The van der Waals surface area contributed by atoms with Gasteiger partial charge in [0.05, 0.1) is 27.3 Å². The molecule has 0 aliphatic carbocycles. The third kappa shape index (κ3) is 4.53. The largest absolute Gasteiger partial charge is 0.553 e. The number of hydrogen-bond donors (Lipinski definition) is 0. The van der Waals surface area contributed by atoms with E-state index in [0.29, 0.717) is 5.66 Å². The molecule has 2 aromatic carbocycles. The molecule has 3 heteroatoms. The lowest BCUT2D eigenvalue weighted by molar-refractivity contribution is 0.413. The Hall–Kier alpha value is -1.92. The first-order valence-corrected chi connectivity index (χ1v) is 9.47. The van der Waals surface area contributed by atoms with Crippen molar-refractivity contribution in [2.24, 2.45) is 0 Å². The summed E-state index contributed by atoms with van der Waals surface area (Å²) >= 11 is 0. The average Bonchev–Trinajstić information content (AvgIpc) is 2.61. The topological polar surface area (TPSA) is 18.5 Å². The monoisotopic (exact) mass is 328 g/mol. The van der Waals surface area contributed by atoms with Crippen LogP contribution in [0, 0.1) is 6.16 Å². The van der Waals surface area contributed by atoms with Crippen molar-refractivity contribution >= 4 is 13.3 Å². The molecule has 2 nitrogen and oxygen atoms in total. The normalized spacial score (nSPS) is 12.6. The molecule has 0 aliphatic heterocycles. The molecule has 0 radical (unpaired) electrons. The quantitative estimate of drug-likeness (QED) is 0.504. The Morgan fingerprint density at radius 3 is 2.26 bits per heavy atom. The molecular weight excluding hydrogens is 303 g/mol. The molecule has 0 amide bonds. The molecule has 0 bridgehead atoms. The van der Waals surface area contributed by atoms with Gasteiger partial charge in [-0.1, -0.05) is 31.2 Å². The maximum Gasteiger partial charge on any atom is 0.129 e. The van der Waals surface area contributed by atoms with Crippen LogP contribution in [-0.2, 0) is 0 Å². The van der Waals surface area contributed by atoms with Gasteiger partial charge in [0.1, 0.15) is 17.2 Å². The molecule has 0 saturated heterocycles. The zero-order chi connectivity index (χ0) is 16.7. The third-order valence-electron chi connectivity index (χ3n) is 3.95. The van der Waals surface area contributed by atoms with Gasteiger partial charge in [0.25, 0.3) is 0 Å². The first kappa shape index (κ1) is 17.4. The van der Waals surface area contributed by atoms with Crippen LogP contribution in [0.1, 0.15) is 31.4 Å². The van der Waals surface area contributed by atoms with E-state index in [1.54, 1.807) is 14.2 Å². The predicted octanol–water partition coefficient (Wildman–Crippen LogP) is 5.34. The summed E-state index contributed by atoms with van der Waals surface area (Å²) < 4.78 is 11.0. The summed E-state index contributed by atoms with van der Waals surface area (Å²) in [5.41, 5.74) is 2.92. The first-order chi connectivity index (χ1) is 11.2. The highest BCUT2D eigenvalue weighted by atomic mass is 31.1. The van der Waals surface area contributed by atoms with Crippen molar-refractivity contribution in [3.05, 3.63) is 65.8 Å². The van der Waals surface area contributed by atoms with Gasteiger partial charge in [-0.2, -0.15) is 6.07 Å². The lowest BCUT2D eigenvalue weighted by atomic mass is 10.2. The van der Waals surface area contributed by atoms with Crippen LogP contribution >= 0.6 is 7.55 Å². The summed E-state index contributed by atoms with van der Waals surface area (Å²) in [6, 6.07) is 16.4. The fraction of sp³-hybridized carbons (Fsp3) is 0.300. The molecule has 2 rings (SSSR count). The Kier molecular flexibility index (Phi) is 6.55. The first-order valence-electron chi connectivity index (χ1n) is 7.92. The van der Waals surface area contributed by atoms with Crippen molar-refractivity contribution in [1.29, 1.82) is 0 Å². The van der Waals surface area contributed by atoms with Crippen LogP contribution in [0.3, 0.4) is 0 Å². The number of rotatable bonds is 7. The van der Waals surface area contributed by atoms with Crippen LogP contribution in [0.25, 0.3) is 0 Å². The third-order valence-corrected chi connectivity index (χ3v) is 6.49. The molecule has 122 valence electrons. The molecule has 0 fully saturated rings. The summed E-state index contributed by atoms with van der Waals surface area (Å²) in [5.74, 6) is 4.21. The van der Waals surface area contributed by atoms with Crippen LogP contribution in [0.4, 0.5) is 0 Å². The van der Waals surface area contributed by atoms with Crippen LogP contribution < -0.4 is 9.47 Å². The molecule has 23 heavy (non-hydrogen) atoms. The standard InChI is InChI=1S/C20H25O2P/c1-5-16(2)23(14-17-10-6-8-12-19(17)21-3)15-18-11-7-9-13-20(18)22-4/h6-16H,5H2,1-4H3. The van der Waals surface area contributed by atoms with Crippen molar-refractivity contribution in [2.45, 2.75) is 25.9 Å². The summed E-state index contributed by atoms with van der Waals surface area (Å²) in [6.07, 6.45) is 3.50. The van der Waals surface area contributed by atoms with E-state index in [4.69, 9.17) is 9.47 Å². The highest BCUT2D eigenvalue weighted by Gasteiger charge is 2.18. The van der Waals surface area contributed by atoms with Crippen LogP contribution in [0.5, 0.6) is 11.5 Å². The molecule has 0 spiro atoms. The van der Waals surface area contributed by atoms with Crippen molar-refractivity contribution in [1.82, 2.24) is 0 Å². The Balaban J connectivity index is 2.39. The van der Waals surface area contributed by atoms with Crippen LogP contribution in [0.15, 0.2) is 48.5 Å². The van der Waals surface area contributed by atoms with Crippen molar-refractivity contribution < 1.29 is 9.47 Å². The predicted molar refractivity (Wildman–Crippen MR) is 101 cm³/mol. The van der Waals surface area contributed by atoms with E-state index in [1.165, 1.54) is 0 Å². The SMILES string of the molecule is CCC(C)[P+](=Cc1ccccc1OC)[CH-]c1ccccc1OC. The van der Waals surface area contributed by atoms with E-state index in [9.17, 15) is 0 Å². The molecule has 0 heterocycles. The van der Waals surface area contributed by atoms with Gasteiger partial charge in [-0.05, 0) is 25.5 Å². The molecule has 0 aromatic heterocycles. The summed E-state index contributed by atoms with van der Waals surface area (Å²) in [5, 5.41) is 0. The molecular formula is C20H25O2P. The molecule has 2 aromatic rings. The Bertz CT molecular complexity index is 664. The van der Waals surface area contributed by atoms with Gasteiger partial charge in [0.15, 0.2) is 0 Å². The van der Waals surface area contributed by atoms with E-state index in [0.717, 1.165) is 29.0 Å². The maximum atomic E-state index is 5.50. The van der Waals surface area contributed by atoms with E-state index >= 15 is 0 Å². The lowest BCUT2D eigenvalue weighted by Crippen LogP contribution is -1.99. The lowest BCUT2D eigenvalue weighted by Gasteiger charge is -2.15. The van der Waals surface area contributed by atoms with Gasteiger partial charge >= 0.3 is 0 Å². The highest BCUT2D eigenvalue weighted by Crippen LogP contribution is 2.41. The van der Waals surface area contributed by atoms with Gasteiger partial charge in [0, 0.05) is 11.9 Å². The molecule has 0 N–H and O–H groups in total. The number of methoxy groups -OCH3 is 2. The van der Waals surface area contributed by atoms with E-state index < -0.39 is 7.55 Å². The summed E-state index contributed by atoms with van der Waals surface area (Å²) in [4.78, 5) is 0. The average molecular weight is 328 g/mol. The second-order valence-corrected chi connectivity index (χ2v) is 7.74. The van der Waals surface area contributed by atoms with Crippen LogP contribution in [0.2, 0.25) is 0 Å². The Labute approximate surface area is 140 Å². The summed E-state index contributed by atoms with van der Waals surface area (Å²) in [6.45, 7) is 4.55. The van der Waals surface area contributed by atoms with Gasteiger partial charge in [-0.25, -0.2) is 0 Å². The molecule has 0 aliphatic rings. The zero-order valence-corrected chi connectivity index (χ0v) is 15.2. The fourth-order valence-corrected chi connectivity index (χ4v) is 4.44. The molecule has 2 atom stereocenters. The van der Waals surface area contributed by atoms with Gasteiger partial charge in [-0.3, -0.25) is 0 Å². The van der Waals surface area contributed by atoms with E-state index in [1.807, 2.05) is 24.3 Å².